The van der Waals surface area contributed by atoms with Gasteiger partial charge in [0.1, 0.15) is 0 Å². The fourth-order valence-electron chi connectivity index (χ4n) is 1.32. The van der Waals surface area contributed by atoms with E-state index in [2.05, 4.69) is 44.3 Å². The largest absolute Gasteiger partial charge is 0.305 e. The van der Waals surface area contributed by atoms with Gasteiger partial charge in [-0.3, -0.25) is 0 Å². The van der Waals surface area contributed by atoms with Crippen molar-refractivity contribution in [2.24, 2.45) is 0 Å². The molecule has 1 N–H and O–H groups in total. The maximum absolute atomic E-state index is 3.52. The van der Waals surface area contributed by atoms with Gasteiger partial charge in [0.05, 0.1) is 5.54 Å². The van der Waals surface area contributed by atoms with Gasteiger partial charge in [-0.05, 0) is 40.2 Å². The molecule has 1 heteroatoms. The summed E-state index contributed by atoms with van der Waals surface area (Å²) in [6, 6.07) is 0. The van der Waals surface area contributed by atoms with Crippen molar-refractivity contribution in [1.29, 1.82) is 0 Å². The first-order chi connectivity index (χ1) is 5.69. The molecule has 1 atom stereocenters. The Labute approximate surface area is 75.6 Å². The second-order valence-corrected chi connectivity index (χ2v) is 3.67. The van der Waals surface area contributed by atoms with Crippen LogP contribution in [0.4, 0.5) is 0 Å². The Balaban J connectivity index is 1.97. The Bertz CT molecular complexity index is 203. The van der Waals surface area contributed by atoms with Gasteiger partial charge in [-0.2, -0.15) is 0 Å². The van der Waals surface area contributed by atoms with Crippen molar-refractivity contribution in [3.63, 3.8) is 0 Å². The van der Waals surface area contributed by atoms with E-state index >= 15 is 0 Å². The molecule has 0 heterocycles. The average Bonchev–Trinajstić information content (AvgIpc) is 2.60. The zero-order chi connectivity index (χ0) is 9.03. The van der Waals surface area contributed by atoms with Gasteiger partial charge in [0.25, 0.3) is 0 Å². The molecule has 0 saturated carbocycles. The van der Waals surface area contributed by atoms with Crippen LogP contribution in [0, 0.1) is 0 Å². The van der Waals surface area contributed by atoms with Crippen LogP contribution < -0.4 is 5.32 Å². The Morgan fingerprint density at radius 2 is 2.25 bits per heavy atom. The molecule has 0 aromatic heterocycles. The quantitative estimate of drug-likeness (QED) is 0.488. The van der Waals surface area contributed by atoms with Crippen LogP contribution in [0.2, 0.25) is 0 Å². The number of unbranched alkanes of at least 4 members (excludes halogenated alkanes) is 1. The highest BCUT2D eigenvalue weighted by Gasteiger charge is 2.34. The molecule has 0 aromatic carbocycles. The molecule has 0 aliphatic heterocycles. The molecule has 12 heavy (non-hydrogen) atoms. The van der Waals surface area contributed by atoms with Crippen molar-refractivity contribution in [3.8, 4) is 0 Å². The van der Waals surface area contributed by atoms with Crippen LogP contribution in [0.5, 0.6) is 0 Å². The van der Waals surface area contributed by atoms with Gasteiger partial charge in [0, 0.05) is 0 Å². The maximum atomic E-state index is 3.52. The lowest BCUT2D eigenvalue weighted by Crippen LogP contribution is -2.31. The number of hydrogen-bond donors (Lipinski definition) is 1. The van der Waals surface area contributed by atoms with E-state index in [0.717, 1.165) is 6.54 Å². The van der Waals surface area contributed by atoms with Crippen molar-refractivity contribution in [2.45, 2.75) is 39.2 Å². The third-order valence-electron chi connectivity index (χ3n) is 2.52. The summed E-state index contributed by atoms with van der Waals surface area (Å²) in [7, 11) is 0. The van der Waals surface area contributed by atoms with E-state index in [0.29, 0.717) is 0 Å². The van der Waals surface area contributed by atoms with Gasteiger partial charge in [-0.15, -0.1) is 0 Å². The van der Waals surface area contributed by atoms with Gasteiger partial charge in [-0.1, -0.05) is 23.8 Å². The number of nitrogens with one attached hydrogen (secondary N) is 1. The van der Waals surface area contributed by atoms with E-state index in [1.165, 1.54) is 18.4 Å². The van der Waals surface area contributed by atoms with Crippen LogP contribution in [0.1, 0.15) is 33.6 Å². The summed E-state index contributed by atoms with van der Waals surface area (Å²) in [5.74, 6) is 0. The van der Waals surface area contributed by atoms with E-state index in [1.807, 2.05) is 0 Å². The third kappa shape index (κ3) is 2.49. The molecule has 68 valence electrons. The molecule has 0 saturated heterocycles. The van der Waals surface area contributed by atoms with Crippen LogP contribution in [0.25, 0.3) is 0 Å². The van der Waals surface area contributed by atoms with Crippen molar-refractivity contribution >= 4 is 0 Å². The minimum atomic E-state index is 0.274. The summed E-state index contributed by atoms with van der Waals surface area (Å²) in [4.78, 5) is 0. The lowest BCUT2D eigenvalue weighted by atomic mass is 10.2. The molecule has 1 unspecified atom stereocenters. The minimum Gasteiger partial charge on any atom is -0.305 e. The summed E-state index contributed by atoms with van der Waals surface area (Å²) in [5.41, 5.74) is 1.75. The number of rotatable bonds is 5. The smallest absolute Gasteiger partial charge is 0.0552 e. The summed E-state index contributed by atoms with van der Waals surface area (Å²) in [6.07, 6.45) is 9.04. The van der Waals surface area contributed by atoms with Crippen LogP contribution in [-0.4, -0.2) is 12.1 Å². The van der Waals surface area contributed by atoms with Crippen LogP contribution in [0.3, 0.4) is 0 Å². The first kappa shape index (κ1) is 9.53. The van der Waals surface area contributed by atoms with Gasteiger partial charge in [0.15, 0.2) is 0 Å². The first-order valence-corrected chi connectivity index (χ1v) is 4.75. The normalized spacial score (nSPS) is 27.8. The second kappa shape index (κ2) is 3.90. The minimum absolute atomic E-state index is 0.274. The molecule has 1 aliphatic carbocycles. The summed E-state index contributed by atoms with van der Waals surface area (Å²) in [6.45, 7) is 7.60. The summed E-state index contributed by atoms with van der Waals surface area (Å²) < 4.78 is 0. The standard InChI is InChI=1S/C11H19N/c1-4-5-6-7-8-12-11(3)9-10(11)2/h4-5,9,12H,6-8H2,1-3H3/b5-4-. The maximum Gasteiger partial charge on any atom is 0.0552 e. The topological polar surface area (TPSA) is 12.0 Å². The number of allylic oxidation sites excluding steroid dienone is 2. The molecule has 1 nitrogen and oxygen atoms in total. The molecular formula is C11H19N. The average molecular weight is 165 g/mol. The highest BCUT2D eigenvalue weighted by atomic mass is 15.0. The molecular weight excluding hydrogens is 146 g/mol. The van der Waals surface area contributed by atoms with Gasteiger partial charge < -0.3 is 5.32 Å². The fourth-order valence-corrected chi connectivity index (χ4v) is 1.32. The highest BCUT2D eigenvalue weighted by molar-refractivity contribution is 5.42. The lowest BCUT2D eigenvalue weighted by molar-refractivity contribution is 0.552. The predicted octanol–water partition coefficient (Wildman–Crippen LogP) is 2.65. The zero-order valence-corrected chi connectivity index (χ0v) is 8.35. The van der Waals surface area contributed by atoms with Crippen molar-refractivity contribution in [3.05, 3.63) is 23.8 Å². The second-order valence-electron chi connectivity index (χ2n) is 3.67. The Kier molecular flexibility index (Phi) is 3.10. The van der Waals surface area contributed by atoms with E-state index in [1.54, 1.807) is 0 Å². The Morgan fingerprint density at radius 3 is 2.75 bits per heavy atom. The molecule has 0 spiro atoms. The van der Waals surface area contributed by atoms with E-state index < -0.39 is 0 Å². The molecule has 1 rings (SSSR count). The first-order valence-electron chi connectivity index (χ1n) is 4.75. The van der Waals surface area contributed by atoms with Gasteiger partial charge in [-0.25, -0.2) is 0 Å². The molecule has 0 fully saturated rings. The SMILES string of the molecule is C/C=C\CCCNC1(C)C=C1C. The molecule has 1 aliphatic rings. The summed E-state index contributed by atoms with van der Waals surface area (Å²) >= 11 is 0. The van der Waals surface area contributed by atoms with Gasteiger partial charge in [0.2, 0.25) is 0 Å². The monoisotopic (exact) mass is 165 g/mol. The highest BCUT2D eigenvalue weighted by Crippen LogP contribution is 2.32. The predicted molar refractivity (Wildman–Crippen MR) is 54.2 cm³/mol. The third-order valence-corrected chi connectivity index (χ3v) is 2.52. The molecule has 0 bridgehead atoms. The lowest BCUT2D eigenvalue weighted by Gasteiger charge is -2.12. The van der Waals surface area contributed by atoms with Crippen LogP contribution in [0.15, 0.2) is 23.8 Å². The molecule has 0 amide bonds. The van der Waals surface area contributed by atoms with E-state index in [-0.39, 0.29) is 5.54 Å². The Hall–Kier alpha value is -0.560. The van der Waals surface area contributed by atoms with Crippen molar-refractivity contribution in [1.82, 2.24) is 5.32 Å². The molecule has 0 aromatic rings. The van der Waals surface area contributed by atoms with Gasteiger partial charge >= 0.3 is 0 Å². The van der Waals surface area contributed by atoms with E-state index in [4.69, 9.17) is 0 Å². The number of hydrogen-bond acceptors (Lipinski definition) is 1. The van der Waals surface area contributed by atoms with Crippen LogP contribution >= 0.6 is 0 Å². The van der Waals surface area contributed by atoms with Crippen LogP contribution in [-0.2, 0) is 0 Å². The fraction of sp³-hybridized carbons (Fsp3) is 0.636. The van der Waals surface area contributed by atoms with Crippen molar-refractivity contribution < 1.29 is 0 Å². The van der Waals surface area contributed by atoms with E-state index in [9.17, 15) is 0 Å². The molecule has 0 radical (unpaired) electrons. The van der Waals surface area contributed by atoms with Crippen molar-refractivity contribution in [2.75, 3.05) is 6.54 Å². The zero-order valence-electron chi connectivity index (χ0n) is 8.35. The summed E-state index contributed by atoms with van der Waals surface area (Å²) in [5, 5.41) is 3.52. The Morgan fingerprint density at radius 1 is 1.58 bits per heavy atom.